The third kappa shape index (κ3) is 1.53. The summed E-state index contributed by atoms with van der Waals surface area (Å²) in [5, 5.41) is 4.26. The van der Waals surface area contributed by atoms with E-state index in [1.54, 1.807) is 24.5 Å². The fourth-order valence-electron chi connectivity index (χ4n) is 1.97. The number of fused-ring (bicyclic) bond motifs is 1. The maximum absolute atomic E-state index is 13.0. The molecule has 2 aliphatic rings. The Bertz CT molecular complexity index is 630. The second kappa shape index (κ2) is 4.13. The summed E-state index contributed by atoms with van der Waals surface area (Å²) in [6.45, 7) is 0. The molecule has 0 fully saturated rings. The zero-order valence-electron chi connectivity index (χ0n) is 9.72. The standard InChI is InChI=1S/C12H12N2O3S/c1-13-18(15,9-5-3-2-4-6-9)12-11-10(17-14-12)7-8-16-11/h2-8,10-11H,1H3/t10-,11+,18?/m1/s1. The summed E-state index contributed by atoms with van der Waals surface area (Å²) in [5.41, 5.74) is 0. The van der Waals surface area contributed by atoms with Gasteiger partial charge in [-0.25, -0.2) is 8.57 Å². The molecular weight excluding hydrogens is 252 g/mol. The van der Waals surface area contributed by atoms with Gasteiger partial charge in [0.2, 0.25) is 5.04 Å². The molecule has 0 aromatic heterocycles. The predicted octanol–water partition coefficient (Wildman–Crippen LogP) is 1.77. The first-order valence-corrected chi connectivity index (χ1v) is 7.03. The van der Waals surface area contributed by atoms with E-state index in [1.165, 1.54) is 7.05 Å². The minimum atomic E-state index is -2.75. The zero-order chi connectivity index (χ0) is 12.6. The molecule has 2 heterocycles. The zero-order valence-corrected chi connectivity index (χ0v) is 10.5. The summed E-state index contributed by atoms with van der Waals surface area (Å²) in [4.78, 5) is 5.81. The molecule has 0 N–H and O–H groups in total. The van der Waals surface area contributed by atoms with Crippen molar-refractivity contribution in [3.63, 3.8) is 0 Å². The number of hydrogen-bond donors (Lipinski definition) is 0. The molecule has 2 aliphatic heterocycles. The minimum absolute atomic E-state index is 0.286. The van der Waals surface area contributed by atoms with Gasteiger partial charge in [0.05, 0.1) is 11.2 Å². The summed E-state index contributed by atoms with van der Waals surface area (Å²) in [7, 11) is -1.23. The van der Waals surface area contributed by atoms with E-state index >= 15 is 0 Å². The van der Waals surface area contributed by atoms with Crippen molar-refractivity contribution >= 4 is 14.8 Å². The van der Waals surface area contributed by atoms with Gasteiger partial charge in [0, 0.05) is 7.05 Å². The number of oxime groups is 1. The lowest BCUT2D eigenvalue weighted by molar-refractivity contribution is 0.0679. The van der Waals surface area contributed by atoms with E-state index in [0.29, 0.717) is 9.94 Å². The van der Waals surface area contributed by atoms with Crippen LogP contribution in [0.15, 0.2) is 57.1 Å². The molecule has 1 aromatic carbocycles. The number of rotatable bonds is 1. The Morgan fingerprint density at radius 1 is 1.33 bits per heavy atom. The summed E-state index contributed by atoms with van der Waals surface area (Å²) < 4.78 is 22.4. The summed E-state index contributed by atoms with van der Waals surface area (Å²) in [6, 6.07) is 9.05. The first kappa shape index (κ1) is 11.3. The maximum Gasteiger partial charge on any atom is 0.201 e. The van der Waals surface area contributed by atoms with E-state index in [1.807, 2.05) is 18.2 Å². The van der Waals surface area contributed by atoms with Crippen LogP contribution in [0.3, 0.4) is 0 Å². The van der Waals surface area contributed by atoms with E-state index in [4.69, 9.17) is 9.57 Å². The Hall–Kier alpha value is -1.82. The predicted molar refractivity (Wildman–Crippen MR) is 67.5 cm³/mol. The number of benzene rings is 1. The van der Waals surface area contributed by atoms with Gasteiger partial charge in [0.15, 0.2) is 12.2 Å². The first-order chi connectivity index (χ1) is 8.75. The molecule has 1 unspecified atom stereocenters. The highest BCUT2D eigenvalue weighted by Gasteiger charge is 2.43. The van der Waals surface area contributed by atoms with Crippen LogP contribution in [0.4, 0.5) is 0 Å². The Kier molecular flexibility index (Phi) is 2.59. The molecule has 94 valence electrons. The Morgan fingerprint density at radius 3 is 2.83 bits per heavy atom. The van der Waals surface area contributed by atoms with Crippen LogP contribution in [0, 0.1) is 0 Å². The van der Waals surface area contributed by atoms with E-state index in [2.05, 4.69) is 9.52 Å². The highest BCUT2D eigenvalue weighted by atomic mass is 32.2. The van der Waals surface area contributed by atoms with Crippen LogP contribution in [0.25, 0.3) is 0 Å². The van der Waals surface area contributed by atoms with Crippen LogP contribution in [-0.4, -0.2) is 28.5 Å². The van der Waals surface area contributed by atoms with Gasteiger partial charge in [-0.15, -0.1) is 0 Å². The lowest BCUT2D eigenvalue weighted by Gasteiger charge is -2.13. The topological polar surface area (TPSA) is 60.2 Å². The van der Waals surface area contributed by atoms with Crippen LogP contribution < -0.4 is 0 Å². The van der Waals surface area contributed by atoms with Crippen LogP contribution in [0.5, 0.6) is 0 Å². The SMILES string of the molecule is CN=S(=O)(C1=NO[C@@H]2C=CO[C@H]12)c1ccccc1. The Morgan fingerprint density at radius 2 is 2.11 bits per heavy atom. The average Bonchev–Trinajstić information content (AvgIpc) is 3.01. The molecule has 0 bridgehead atoms. The van der Waals surface area contributed by atoms with E-state index in [-0.39, 0.29) is 6.10 Å². The molecule has 0 amide bonds. The maximum atomic E-state index is 13.0. The molecular formula is C12H12N2O3S. The van der Waals surface area contributed by atoms with E-state index < -0.39 is 15.8 Å². The number of ether oxygens (including phenoxy) is 1. The van der Waals surface area contributed by atoms with Crippen molar-refractivity contribution in [1.29, 1.82) is 0 Å². The Balaban J connectivity index is 2.07. The molecule has 1 aromatic rings. The number of nitrogens with zero attached hydrogens (tertiary/aromatic N) is 2. The van der Waals surface area contributed by atoms with Crippen molar-refractivity contribution in [3.05, 3.63) is 42.7 Å². The summed E-state index contributed by atoms with van der Waals surface area (Å²) >= 11 is 0. The molecule has 0 saturated carbocycles. The van der Waals surface area contributed by atoms with Gasteiger partial charge >= 0.3 is 0 Å². The second-order valence-electron chi connectivity index (χ2n) is 3.91. The second-order valence-corrected chi connectivity index (χ2v) is 6.21. The normalized spacial score (nSPS) is 27.7. The van der Waals surface area contributed by atoms with Crippen molar-refractivity contribution in [2.45, 2.75) is 17.1 Å². The van der Waals surface area contributed by atoms with Gasteiger partial charge in [-0.3, -0.25) is 0 Å². The fraction of sp³-hybridized carbons (Fsp3) is 0.250. The highest BCUT2D eigenvalue weighted by molar-refractivity contribution is 8.08. The third-order valence-corrected chi connectivity index (χ3v) is 5.20. The van der Waals surface area contributed by atoms with Crippen LogP contribution >= 0.6 is 0 Å². The molecule has 18 heavy (non-hydrogen) atoms. The first-order valence-electron chi connectivity index (χ1n) is 5.52. The molecule has 3 atom stereocenters. The van der Waals surface area contributed by atoms with Gasteiger partial charge in [-0.2, -0.15) is 0 Å². The van der Waals surface area contributed by atoms with Gasteiger partial charge in [0.1, 0.15) is 9.73 Å². The van der Waals surface area contributed by atoms with Crippen molar-refractivity contribution in [2.75, 3.05) is 7.05 Å². The fourth-order valence-corrected chi connectivity index (χ4v) is 3.79. The quantitative estimate of drug-likeness (QED) is 0.776. The monoisotopic (exact) mass is 264 g/mol. The lowest BCUT2D eigenvalue weighted by Crippen LogP contribution is -2.31. The summed E-state index contributed by atoms with van der Waals surface area (Å²) in [5.74, 6) is 0. The van der Waals surface area contributed by atoms with Gasteiger partial charge in [-0.05, 0) is 18.2 Å². The van der Waals surface area contributed by atoms with Crippen LogP contribution in [0.2, 0.25) is 0 Å². The summed E-state index contributed by atoms with van der Waals surface area (Å²) in [6.07, 6.45) is 2.58. The number of hydrogen-bond acceptors (Lipinski definition) is 5. The van der Waals surface area contributed by atoms with E-state index in [9.17, 15) is 4.21 Å². The molecule has 0 radical (unpaired) electrons. The molecule has 0 aliphatic carbocycles. The lowest BCUT2D eigenvalue weighted by atomic mass is 10.2. The van der Waals surface area contributed by atoms with Crippen molar-refractivity contribution in [1.82, 2.24) is 0 Å². The molecule has 6 heteroatoms. The molecule has 0 saturated heterocycles. The van der Waals surface area contributed by atoms with E-state index in [0.717, 1.165) is 0 Å². The van der Waals surface area contributed by atoms with Gasteiger partial charge in [0.25, 0.3) is 0 Å². The van der Waals surface area contributed by atoms with Gasteiger partial charge in [-0.1, -0.05) is 23.4 Å². The third-order valence-electron chi connectivity index (χ3n) is 2.90. The molecule has 0 spiro atoms. The highest BCUT2D eigenvalue weighted by Crippen LogP contribution is 2.28. The largest absolute Gasteiger partial charge is 0.487 e. The van der Waals surface area contributed by atoms with Crippen molar-refractivity contribution < 1.29 is 13.8 Å². The smallest absolute Gasteiger partial charge is 0.201 e. The van der Waals surface area contributed by atoms with Crippen LogP contribution in [0.1, 0.15) is 0 Å². The molecule has 5 nitrogen and oxygen atoms in total. The molecule has 3 rings (SSSR count). The van der Waals surface area contributed by atoms with Crippen LogP contribution in [-0.2, 0) is 19.3 Å². The Labute approximate surface area is 105 Å². The average molecular weight is 264 g/mol. The minimum Gasteiger partial charge on any atom is -0.487 e. The van der Waals surface area contributed by atoms with Crippen molar-refractivity contribution in [2.24, 2.45) is 9.52 Å². The van der Waals surface area contributed by atoms with Gasteiger partial charge < -0.3 is 9.57 Å². The van der Waals surface area contributed by atoms with Crippen molar-refractivity contribution in [3.8, 4) is 0 Å².